The van der Waals surface area contributed by atoms with E-state index in [4.69, 9.17) is 4.74 Å². The van der Waals surface area contributed by atoms with Crippen molar-refractivity contribution in [2.75, 3.05) is 33.8 Å². The Balaban J connectivity index is 4.58. The molecule has 0 aliphatic carbocycles. The van der Waals surface area contributed by atoms with E-state index in [1.54, 1.807) is 0 Å². The highest BCUT2D eigenvalue weighted by Crippen LogP contribution is 2.19. The number of aliphatic hydroxyl groups is 1. The molecule has 0 aromatic rings. The topological polar surface area (TPSA) is 69.6 Å². The highest BCUT2D eigenvalue weighted by Gasteiger charge is 2.21. The van der Waals surface area contributed by atoms with Crippen molar-refractivity contribution in [1.29, 1.82) is 0 Å². The lowest BCUT2D eigenvalue weighted by Gasteiger charge is -2.22. The van der Waals surface area contributed by atoms with Gasteiger partial charge in [0.15, 0.2) is 6.54 Å². The summed E-state index contributed by atoms with van der Waals surface area (Å²) in [5.74, 6) is -0.531. The van der Waals surface area contributed by atoms with Gasteiger partial charge in [0.25, 0.3) is 5.48 Å². The van der Waals surface area contributed by atoms with E-state index in [0.717, 1.165) is 6.08 Å². The number of esters is 1. The van der Waals surface area contributed by atoms with E-state index in [9.17, 15) is 14.8 Å². The van der Waals surface area contributed by atoms with Gasteiger partial charge in [-0.1, -0.05) is 13.5 Å². The molecule has 0 aromatic carbocycles. The minimum Gasteiger partial charge on any atom is -0.628 e. The third-order valence-corrected chi connectivity index (χ3v) is 3.63. The van der Waals surface area contributed by atoms with Crippen molar-refractivity contribution in [3.05, 3.63) is 12.7 Å². The molecule has 0 saturated carbocycles. The molecule has 0 amide bonds. The van der Waals surface area contributed by atoms with Gasteiger partial charge in [-0.2, -0.15) is 0 Å². The maximum Gasteiger partial charge on any atom is 0.330 e. The molecule has 0 heterocycles. The predicted octanol–water partition coefficient (Wildman–Crippen LogP) is 0.460. The van der Waals surface area contributed by atoms with Crippen LogP contribution in [0.1, 0.15) is 13.3 Å². The van der Waals surface area contributed by atoms with Crippen molar-refractivity contribution in [3.63, 3.8) is 0 Å². The molecule has 0 saturated heterocycles. The summed E-state index contributed by atoms with van der Waals surface area (Å²) < 4.78 is 5.53. The van der Waals surface area contributed by atoms with E-state index in [2.05, 4.69) is 6.58 Å². The molecule has 0 radical (unpaired) electrons. The molecular formula is C12H23NO4P+. The minimum absolute atomic E-state index is 0.0365. The van der Waals surface area contributed by atoms with Gasteiger partial charge in [-0.3, -0.25) is 0 Å². The van der Waals surface area contributed by atoms with Gasteiger partial charge >= 0.3 is 5.97 Å². The number of quaternary nitrogens is 1. The third-order valence-electron chi connectivity index (χ3n) is 2.18. The lowest BCUT2D eigenvalue weighted by molar-refractivity contribution is -0.861. The Bertz CT molecular complexity index is 333. The van der Waals surface area contributed by atoms with Crippen LogP contribution < -0.4 is 4.89 Å². The highest BCUT2D eigenvalue weighted by molar-refractivity contribution is 7.51. The van der Waals surface area contributed by atoms with Gasteiger partial charge in [0, 0.05) is 6.08 Å². The largest absolute Gasteiger partial charge is 0.628 e. The van der Waals surface area contributed by atoms with E-state index in [-0.39, 0.29) is 11.6 Å². The summed E-state index contributed by atoms with van der Waals surface area (Å²) in [5, 5.41) is 9.75. The van der Waals surface area contributed by atoms with Crippen LogP contribution in [0.25, 0.3) is 0 Å². The zero-order chi connectivity index (χ0) is 14.3. The van der Waals surface area contributed by atoms with Gasteiger partial charge in [0.05, 0.1) is 28.9 Å². The molecule has 18 heavy (non-hydrogen) atoms. The second-order valence-electron chi connectivity index (χ2n) is 5.10. The molecular weight excluding hydrogens is 253 g/mol. The zero-order valence-corrected chi connectivity index (χ0v) is 12.4. The standard InChI is InChI=1S/C12H22NO4P/c1-6-10(17-11(14)7-2)9-18(16)12(15)8-13(3,4)5/h7,10H,2,6,8-9H2,1,3-5H3/p+1. The Kier molecular flexibility index (Phi) is 7.33. The summed E-state index contributed by atoms with van der Waals surface area (Å²) in [7, 11) is 3.80. The van der Waals surface area contributed by atoms with Gasteiger partial charge in [-0.25, -0.2) is 4.79 Å². The number of carbonyl (C=O) groups is 1. The number of carbonyl (C=O) groups excluding carboxylic acids is 1. The molecule has 5 nitrogen and oxygen atoms in total. The Labute approximate surface area is 110 Å². The first-order chi connectivity index (χ1) is 8.19. The van der Waals surface area contributed by atoms with Crippen LogP contribution in [0.15, 0.2) is 12.7 Å². The molecule has 2 atom stereocenters. The number of hydrogen-bond donors (Lipinski definition) is 1. The van der Waals surface area contributed by atoms with Crippen molar-refractivity contribution < 1.29 is 24.0 Å². The Morgan fingerprint density at radius 1 is 1.56 bits per heavy atom. The Morgan fingerprint density at radius 3 is 2.50 bits per heavy atom. The van der Waals surface area contributed by atoms with E-state index < -0.39 is 19.8 Å². The molecule has 6 heteroatoms. The first-order valence-electron chi connectivity index (χ1n) is 5.82. The molecule has 0 rings (SSSR count). The Hall–Kier alpha value is -0.740. The number of aliphatic hydroxyl groups excluding tert-OH is 1. The molecule has 0 aliphatic heterocycles. The zero-order valence-electron chi connectivity index (χ0n) is 11.5. The fourth-order valence-corrected chi connectivity index (χ4v) is 2.75. The van der Waals surface area contributed by atoms with Gasteiger partial charge in [0.1, 0.15) is 12.3 Å². The summed E-state index contributed by atoms with van der Waals surface area (Å²) in [6.45, 7) is 5.46. The van der Waals surface area contributed by atoms with Crippen molar-refractivity contribution >= 4 is 19.2 Å². The van der Waals surface area contributed by atoms with Gasteiger partial charge in [-0.05, 0) is 6.42 Å². The van der Waals surface area contributed by atoms with Crippen LogP contribution in [0.3, 0.4) is 0 Å². The van der Waals surface area contributed by atoms with Crippen LogP contribution in [-0.2, 0) is 9.53 Å². The number of hydrogen-bond acceptors (Lipinski definition) is 3. The van der Waals surface area contributed by atoms with Gasteiger partial charge < -0.3 is 19.2 Å². The van der Waals surface area contributed by atoms with Crippen LogP contribution >= 0.6 is 7.77 Å². The average Bonchev–Trinajstić information content (AvgIpc) is 2.25. The molecule has 1 N–H and O–H groups in total. The first kappa shape index (κ1) is 17.3. The maximum absolute atomic E-state index is 11.9. The molecule has 0 aliphatic rings. The maximum atomic E-state index is 11.9. The summed E-state index contributed by atoms with van der Waals surface area (Å²) in [5.41, 5.74) is -0.0365. The van der Waals surface area contributed by atoms with Gasteiger partial charge in [0.2, 0.25) is 0 Å². The number of ether oxygens (including phenoxy) is 1. The van der Waals surface area contributed by atoms with Crippen molar-refractivity contribution in [1.82, 2.24) is 0 Å². The lowest BCUT2D eigenvalue weighted by atomic mass is 10.3. The van der Waals surface area contributed by atoms with Crippen molar-refractivity contribution in [3.8, 4) is 0 Å². The van der Waals surface area contributed by atoms with Crippen molar-refractivity contribution in [2.45, 2.75) is 19.4 Å². The van der Waals surface area contributed by atoms with Crippen LogP contribution in [-0.4, -0.2) is 61.0 Å². The minimum atomic E-state index is -1.89. The Morgan fingerprint density at radius 2 is 2.11 bits per heavy atom. The quantitative estimate of drug-likeness (QED) is 0.317. The second kappa shape index (κ2) is 7.64. The predicted molar refractivity (Wildman–Crippen MR) is 72.0 cm³/mol. The fraction of sp³-hybridized carbons (Fsp3) is 0.667. The fourth-order valence-electron chi connectivity index (χ4n) is 1.26. The van der Waals surface area contributed by atoms with E-state index in [1.807, 2.05) is 28.1 Å². The third kappa shape index (κ3) is 7.56. The summed E-state index contributed by atoms with van der Waals surface area (Å²) >= 11 is 0. The number of nitrogens with zero attached hydrogens (tertiary/aromatic N) is 1. The number of rotatable bonds is 7. The van der Waals surface area contributed by atoms with Crippen LogP contribution in [0, 0.1) is 0 Å². The van der Waals surface area contributed by atoms with Crippen molar-refractivity contribution in [2.24, 2.45) is 0 Å². The summed E-state index contributed by atoms with van der Waals surface area (Å²) in [6, 6.07) is 0. The monoisotopic (exact) mass is 276 g/mol. The molecule has 0 bridgehead atoms. The van der Waals surface area contributed by atoms with E-state index >= 15 is 0 Å². The van der Waals surface area contributed by atoms with E-state index in [1.165, 1.54) is 0 Å². The van der Waals surface area contributed by atoms with E-state index in [0.29, 0.717) is 17.4 Å². The van der Waals surface area contributed by atoms with Crippen LogP contribution in [0.2, 0.25) is 0 Å². The van der Waals surface area contributed by atoms with Crippen LogP contribution in [0.4, 0.5) is 0 Å². The normalized spacial score (nSPS) is 14.8. The highest BCUT2D eigenvalue weighted by atomic mass is 31.1. The second-order valence-corrected chi connectivity index (χ2v) is 6.74. The summed E-state index contributed by atoms with van der Waals surface area (Å²) in [6.07, 6.45) is 1.33. The molecule has 0 fully saturated rings. The smallest absolute Gasteiger partial charge is 0.330 e. The lowest BCUT2D eigenvalue weighted by Crippen LogP contribution is -2.40. The SMILES string of the molecule is C=CC(=O)OC(CC)C/[P+]([O-])=C(\O)C[N+](C)(C)C. The molecule has 0 spiro atoms. The summed E-state index contributed by atoms with van der Waals surface area (Å²) in [4.78, 5) is 22.9. The van der Waals surface area contributed by atoms with Crippen LogP contribution in [0.5, 0.6) is 0 Å². The molecule has 2 unspecified atom stereocenters. The molecule has 0 aromatic heterocycles. The first-order valence-corrected chi connectivity index (χ1v) is 7.27. The molecule has 104 valence electrons. The number of likely N-dealkylation sites (N-methyl/N-ethyl adjacent to an activating group) is 1. The van der Waals surface area contributed by atoms with Gasteiger partial charge in [-0.15, -0.1) is 0 Å². The average molecular weight is 276 g/mol.